The molecule has 2 rings (SSSR count). The fourth-order valence-electron chi connectivity index (χ4n) is 1.48. The van der Waals surface area contributed by atoms with E-state index in [4.69, 9.17) is 10.3 Å². The van der Waals surface area contributed by atoms with Gasteiger partial charge in [0.2, 0.25) is 0 Å². The van der Waals surface area contributed by atoms with Crippen LogP contribution in [0.3, 0.4) is 0 Å². The Morgan fingerprint density at radius 1 is 1.06 bits per heavy atom. The first-order valence-corrected chi connectivity index (χ1v) is 5.82. The summed E-state index contributed by atoms with van der Waals surface area (Å²) in [4.78, 5) is -0.345. The number of anilines is 1. The fraction of sp³-hybridized carbons (Fsp3) is 0. The van der Waals surface area contributed by atoms with Crippen LogP contribution in [0.5, 0.6) is 5.75 Å². The molecule has 2 aromatic rings. The van der Waals surface area contributed by atoms with Crippen molar-refractivity contribution in [3.63, 3.8) is 0 Å². The Morgan fingerprint density at radius 3 is 2.22 bits per heavy atom. The molecule has 5 nitrogen and oxygen atoms in total. The molecule has 0 saturated heterocycles. The number of nitrogens with two attached hydrogens (primary N) is 1. The monoisotopic (exact) mass is 285 g/mol. The van der Waals surface area contributed by atoms with E-state index >= 15 is 0 Å². The molecule has 18 heavy (non-hydrogen) atoms. The Kier molecular flexibility index (Phi) is 6.66. The molecule has 0 aliphatic heterocycles. The van der Waals surface area contributed by atoms with Gasteiger partial charge in [-0.05, 0) is 23.6 Å². The summed E-state index contributed by atoms with van der Waals surface area (Å²) in [5.41, 5.74) is 6.00. The van der Waals surface area contributed by atoms with Crippen molar-refractivity contribution in [2.45, 2.75) is 4.90 Å². The molecule has 8 heteroatoms. The van der Waals surface area contributed by atoms with Crippen LogP contribution in [0, 0.1) is 0 Å². The second-order valence-electron chi connectivity index (χ2n) is 3.40. The van der Waals surface area contributed by atoms with E-state index in [-0.39, 0.29) is 69.8 Å². The average molecular weight is 285 g/mol. The number of phenolic OH excluding ortho intramolecular Hbond substituents is 1. The molecule has 2 aromatic carbocycles. The molecule has 0 aliphatic rings. The maximum absolute atomic E-state index is 10.9. The molecular weight excluding hydrogens is 276 g/mol. The average Bonchev–Trinajstić information content (AvgIpc) is 2.17. The van der Waals surface area contributed by atoms with E-state index in [2.05, 4.69) is 0 Å². The molecule has 0 fully saturated rings. The SMILES string of the molecule is Nc1ccc2cc(S(=O)(=O)O)cc(O)c2c1.[Na].[Na]. The third kappa shape index (κ3) is 3.85. The maximum Gasteiger partial charge on any atom is 0.294 e. The van der Waals surface area contributed by atoms with Crippen molar-refractivity contribution in [1.29, 1.82) is 0 Å². The smallest absolute Gasteiger partial charge is 0.294 e. The normalized spacial score (nSPS) is 10.5. The minimum atomic E-state index is -4.32. The first-order chi connectivity index (χ1) is 7.38. The van der Waals surface area contributed by atoms with Crippen LogP contribution in [0.25, 0.3) is 10.8 Å². The van der Waals surface area contributed by atoms with Crippen molar-refractivity contribution in [2.75, 3.05) is 5.73 Å². The van der Waals surface area contributed by atoms with Gasteiger partial charge in [-0.25, -0.2) is 0 Å². The number of fused-ring (bicyclic) bond motifs is 1. The van der Waals surface area contributed by atoms with Crippen LogP contribution in [0.2, 0.25) is 0 Å². The number of rotatable bonds is 1. The van der Waals surface area contributed by atoms with Crippen LogP contribution >= 0.6 is 0 Å². The van der Waals surface area contributed by atoms with Crippen molar-refractivity contribution in [1.82, 2.24) is 0 Å². The van der Waals surface area contributed by atoms with Gasteiger partial charge in [0.1, 0.15) is 5.75 Å². The molecule has 0 unspecified atom stereocenters. The van der Waals surface area contributed by atoms with Crippen molar-refractivity contribution >= 4 is 85.7 Å². The maximum atomic E-state index is 10.9. The van der Waals surface area contributed by atoms with Crippen LogP contribution < -0.4 is 5.73 Å². The van der Waals surface area contributed by atoms with Gasteiger partial charge in [-0.15, -0.1) is 0 Å². The van der Waals surface area contributed by atoms with Crippen molar-refractivity contribution < 1.29 is 18.1 Å². The molecule has 0 amide bonds. The molecule has 0 bridgehead atoms. The predicted octanol–water partition coefficient (Wildman–Crippen LogP) is 0.613. The third-order valence-electron chi connectivity index (χ3n) is 2.23. The molecular formula is C10H9NNa2O4S. The van der Waals surface area contributed by atoms with Gasteiger partial charge in [-0.1, -0.05) is 6.07 Å². The Hall–Kier alpha value is 0.210. The summed E-state index contributed by atoms with van der Waals surface area (Å²) in [6.45, 7) is 0. The zero-order valence-corrected chi connectivity index (χ0v) is 14.9. The number of aromatic hydroxyl groups is 1. The number of hydrogen-bond donors (Lipinski definition) is 3. The van der Waals surface area contributed by atoms with Gasteiger partial charge in [0.05, 0.1) is 4.90 Å². The summed E-state index contributed by atoms with van der Waals surface area (Å²) in [6, 6.07) is 6.92. The fourth-order valence-corrected chi connectivity index (χ4v) is 2.01. The van der Waals surface area contributed by atoms with Crippen LogP contribution in [0.15, 0.2) is 35.2 Å². The van der Waals surface area contributed by atoms with E-state index in [0.29, 0.717) is 16.5 Å². The van der Waals surface area contributed by atoms with Gasteiger partial charge in [-0.3, -0.25) is 4.55 Å². The van der Waals surface area contributed by atoms with E-state index < -0.39 is 10.1 Å². The first-order valence-electron chi connectivity index (χ1n) is 4.38. The molecule has 0 aliphatic carbocycles. The van der Waals surface area contributed by atoms with Gasteiger partial charge in [0, 0.05) is 76.3 Å². The molecule has 0 atom stereocenters. The van der Waals surface area contributed by atoms with Crippen molar-refractivity contribution in [3.05, 3.63) is 30.3 Å². The van der Waals surface area contributed by atoms with Gasteiger partial charge in [-0.2, -0.15) is 8.42 Å². The zero-order valence-electron chi connectivity index (χ0n) is 10.1. The molecule has 0 aromatic heterocycles. The van der Waals surface area contributed by atoms with Crippen LogP contribution in [0.1, 0.15) is 0 Å². The summed E-state index contributed by atoms with van der Waals surface area (Å²) in [7, 11) is -4.32. The molecule has 0 spiro atoms. The summed E-state index contributed by atoms with van der Waals surface area (Å²) < 4.78 is 30.7. The Balaban J connectivity index is 0.00000144. The van der Waals surface area contributed by atoms with Gasteiger partial charge in [0.15, 0.2) is 0 Å². The number of phenols is 1. The van der Waals surface area contributed by atoms with Crippen molar-refractivity contribution in [3.8, 4) is 5.75 Å². The van der Waals surface area contributed by atoms with Crippen LogP contribution in [-0.2, 0) is 10.1 Å². The van der Waals surface area contributed by atoms with Gasteiger partial charge in [0.25, 0.3) is 10.1 Å². The Bertz CT molecular complexity index is 673. The molecule has 2 radical (unpaired) electrons. The molecule has 0 heterocycles. The third-order valence-corrected chi connectivity index (χ3v) is 3.06. The van der Waals surface area contributed by atoms with Gasteiger partial charge >= 0.3 is 0 Å². The van der Waals surface area contributed by atoms with Crippen LogP contribution in [-0.4, -0.2) is 77.2 Å². The van der Waals surface area contributed by atoms with E-state index in [9.17, 15) is 13.5 Å². The van der Waals surface area contributed by atoms with E-state index in [1.807, 2.05) is 0 Å². The second-order valence-corrected chi connectivity index (χ2v) is 4.82. The van der Waals surface area contributed by atoms with E-state index in [0.717, 1.165) is 6.07 Å². The zero-order chi connectivity index (χ0) is 11.9. The summed E-state index contributed by atoms with van der Waals surface area (Å²) in [5.74, 6) is -0.238. The van der Waals surface area contributed by atoms with E-state index in [1.165, 1.54) is 12.1 Å². The van der Waals surface area contributed by atoms with Crippen LogP contribution in [0.4, 0.5) is 5.69 Å². The quantitative estimate of drug-likeness (QED) is 0.405. The number of benzene rings is 2. The minimum Gasteiger partial charge on any atom is -0.507 e. The van der Waals surface area contributed by atoms with Crippen molar-refractivity contribution in [2.24, 2.45) is 0 Å². The largest absolute Gasteiger partial charge is 0.507 e. The summed E-state index contributed by atoms with van der Waals surface area (Å²) in [5, 5.41) is 10.5. The number of nitrogen functional groups attached to an aromatic ring is 1. The predicted molar refractivity (Wildman–Crippen MR) is 71.3 cm³/mol. The molecule has 86 valence electrons. The van der Waals surface area contributed by atoms with Gasteiger partial charge < -0.3 is 10.8 Å². The topological polar surface area (TPSA) is 101 Å². The summed E-state index contributed by atoms with van der Waals surface area (Å²) >= 11 is 0. The Labute approximate surface area is 149 Å². The van der Waals surface area contributed by atoms with E-state index in [1.54, 1.807) is 12.1 Å². The minimum absolute atomic E-state index is 0. The summed E-state index contributed by atoms with van der Waals surface area (Å²) in [6.07, 6.45) is 0. The molecule has 0 saturated carbocycles. The number of hydrogen-bond acceptors (Lipinski definition) is 4. The Morgan fingerprint density at radius 2 is 1.67 bits per heavy atom. The second kappa shape index (κ2) is 6.58. The standard InChI is InChI=1S/C10H9NO4S.2Na/c11-7-2-1-6-3-8(16(13,14)15)5-10(12)9(6)4-7;;/h1-5,12H,11H2,(H,13,14,15);;. The first kappa shape index (κ1) is 18.2. The molecule has 4 N–H and O–H groups in total.